The minimum Gasteiger partial charge on any atom is -0.383 e. The molecule has 1 aromatic rings. The molecule has 0 saturated heterocycles. The van der Waals surface area contributed by atoms with Crippen molar-refractivity contribution in [2.24, 2.45) is 0 Å². The lowest BCUT2D eigenvalue weighted by atomic mass is 10.1. The zero-order valence-electron chi connectivity index (χ0n) is 8.45. The second kappa shape index (κ2) is 4.77. The highest BCUT2D eigenvalue weighted by molar-refractivity contribution is 5.80. The lowest BCUT2D eigenvalue weighted by molar-refractivity contribution is -0.128. The van der Waals surface area contributed by atoms with Gasteiger partial charge >= 0.3 is 0 Å². The molecule has 0 bridgehead atoms. The molecule has 1 rings (SSSR count). The number of carbonyl (C=O) groups excluding carboxylic acids is 1. The molecule has 0 spiro atoms. The first-order valence-electron chi connectivity index (χ1n) is 4.58. The van der Waals surface area contributed by atoms with E-state index in [1.165, 1.54) is 12.6 Å². The van der Waals surface area contributed by atoms with Gasteiger partial charge in [0.1, 0.15) is 6.10 Å². The molecule has 1 aromatic carbocycles. The lowest BCUT2D eigenvalue weighted by Crippen LogP contribution is -2.33. The molecule has 0 fully saturated rings. The number of aliphatic hydroxyl groups excluding tert-OH is 1. The molecule has 0 unspecified atom stereocenters. The average molecular weight is 193 g/mol. The highest BCUT2D eigenvalue weighted by Gasteiger charge is 2.12. The van der Waals surface area contributed by atoms with Crippen molar-refractivity contribution in [3.8, 4) is 0 Å². The van der Waals surface area contributed by atoms with Crippen molar-refractivity contribution < 1.29 is 9.90 Å². The van der Waals surface area contributed by atoms with E-state index in [0.29, 0.717) is 6.42 Å². The topological polar surface area (TPSA) is 49.3 Å². The number of aryl methyl sites for hydroxylation is 1. The maximum Gasteiger partial charge on any atom is 0.248 e. The molecule has 76 valence electrons. The summed E-state index contributed by atoms with van der Waals surface area (Å²) in [5.74, 6) is -0.342. The fraction of sp³-hybridized carbons (Fsp3) is 0.364. The van der Waals surface area contributed by atoms with E-state index in [1.54, 1.807) is 0 Å². The number of amides is 1. The fourth-order valence-corrected chi connectivity index (χ4v) is 1.21. The van der Waals surface area contributed by atoms with Crippen LogP contribution in [0, 0.1) is 6.92 Å². The lowest BCUT2D eigenvalue weighted by Gasteiger charge is -2.08. The van der Waals surface area contributed by atoms with Crippen LogP contribution in [0.25, 0.3) is 0 Å². The van der Waals surface area contributed by atoms with Crippen LogP contribution in [0.1, 0.15) is 11.1 Å². The van der Waals surface area contributed by atoms with Crippen LogP contribution in [0.15, 0.2) is 24.3 Å². The van der Waals surface area contributed by atoms with Crippen molar-refractivity contribution in [1.82, 2.24) is 5.32 Å². The van der Waals surface area contributed by atoms with Crippen molar-refractivity contribution in [3.63, 3.8) is 0 Å². The standard InChI is InChI=1S/C11H15NO2/c1-8-3-5-9(6-4-8)7-10(13)11(14)12-2/h3-6,10,13H,7H2,1-2H3,(H,12,14)/t10-/m1/s1. The summed E-state index contributed by atoms with van der Waals surface area (Å²) in [5.41, 5.74) is 2.13. The predicted molar refractivity (Wildman–Crippen MR) is 55.0 cm³/mol. The molecule has 0 aliphatic carbocycles. The Morgan fingerprint density at radius 2 is 2.00 bits per heavy atom. The number of likely N-dealkylation sites (N-methyl/N-ethyl adjacent to an activating group) is 1. The van der Waals surface area contributed by atoms with Crippen molar-refractivity contribution in [1.29, 1.82) is 0 Å². The number of hydrogen-bond acceptors (Lipinski definition) is 2. The average Bonchev–Trinajstić information content (AvgIpc) is 2.20. The second-order valence-corrected chi connectivity index (χ2v) is 3.32. The monoisotopic (exact) mass is 193 g/mol. The summed E-state index contributed by atoms with van der Waals surface area (Å²) in [5, 5.41) is 11.8. The second-order valence-electron chi connectivity index (χ2n) is 3.32. The van der Waals surface area contributed by atoms with Crippen molar-refractivity contribution in [3.05, 3.63) is 35.4 Å². The number of aliphatic hydroxyl groups is 1. The molecule has 0 aliphatic heterocycles. The molecular formula is C11H15NO2. The Morgan fingerprint density at radius 3 is 2.50 bits per heavy atom. The third-order valence-electron chi connectivity index (χ3n) is 2.10. The van der Waals surface area contributed by atoms with E-state index in [0.717, 1.165) is 5.56 Å². The zero-order valence-corrected chi connectivity index (χ0v) is 8.45. The highest BCUT2D eigenvalue weighted by atomic mass is 16.3. The molecule has 0 aromatic heterocycles. The number of carbonyl (C=O) groups is 1. The fourth-order valence-electron chi connectivity index (χ4n) is 1.21. The van der Waals surface area contributed by atoms with Crippen molar-refractivity contribution in [2.45, 2.75) is 19.4 Å². The first-order valence-corrected chi connectivity index (χ1v) is 4.58. The van der Waals surface area contributed by atoms with Gasteiger partial charge in [-0.05, 0) is 12.5 Å². The number of hydrogen-bond donors (Lipinski definition) is 2. The van der Waals surface area contributed by atoms with Gasteiger partial charge in [0.25, 0.3) is 0 Å². The van der Waals surface area contributed by atoms with Crippen LogP contribution in [-0.4, -0.2) is 24.2 Å². The zero-order chi connectivity index (χ0) is 10.6. The van der Waals surface area contributed by atoms with Crippen molar-refractivity contribution >= 4 is 5.91 Å². The molecule has 0 saturated carbocycles. The Balaban J connectivity index is 2.60. The van der Waals surface area contributed by atoms with E-state index in [1.807, 2.05) is 31.2 Å². The van der Waals surface area contributed by atoms with Crippen LogP contribution < -0.4 is 5.32 Å². The van der Waals surface area contributed by atoms with Gasteiger partial charge in [-0.2, -0.15) is 0 Å². The Kier molecular flexibility index (Phi) is 3.65. The van der Waals surface area contributed by atoms with Gasteiger partial charge in [-0.15, -0.1) is 0 Å². The summed E-state index contributed by atoms with van der Waals surface area (Å²) in [4.78, 5) is 11.0. The Labute approximate surface area is 83.8 Å². The molecule has 0 aliphatic rings. The minimum atomic E-state index is -0.956. The quantitative estimate of drug-likeness (QED) is 0.740. The summed E-state index contributed by atoms with van der Waals surface area (Å²) in [6, 6.07) is 7.76. The number of benzene rings is 1. The smallest absolute Gasteiger partial charge is 0.248 e. The van der Waals surface area contributed by atoms with E-state index in [2.05, 4.69) is 5.32 Å². The van der Waals surface area contributed by atoms with Gasteiger partial charge in [-0.3, -0.25) is 4.79 Å². The largest absolute Gasteiger partial charge is 0.383 e. The number of rotatable bonds is 3. The SMILES string of the molecule is CNC(=O)[C@H](O)Cc1ccc(C)cc1. The molecule has 1 amide bonds. The predicted octanol–water partition coefficient (Wildman–Crippen LogP) is 0.644. The Bertz CT molecular complexity index is 306. The van der Waals surface area contributed by atoms with Crippen molar-refractivity contribution in [2.75, 3.05) is 7.05 Å². The van der Waals surface area contributed by atoms with E-state index in [9.17, 15) is 9.90 Å². The molecular weight excluding hydrogens is 178 g/mol. The summed E-state index contributed by atoms with van der Waals surface area (Å²) in [7, 11) is 1.51. The first kappa shape index (κ1) is 10.7. The van der Waals surface area contributed by atoms with Gasteiger partial charge in [-0.25, -0.2) is 0 Å². The maximum atomic E-state index is 11.0. The molecule has 3 heteroatoms. The first-order chi connectivity index (χ1) is 6.63. The molecule has 1 atom stereocenters. The van der Waals surface area contributed by atoms with Crippen LogP contribution in [-0.2, 0) is 11.2 Å². The molecule has 2 N–H and O–H groups in total. The Hall–Kier alpha value is -1.35. The van der Waals surface area contributed by atoms with Gasteiger partial charge in [0.15, 0.2) is 0 Å². The molecule has 3 nitrogen and oxygen atoms in total. The van der Waals surface area contributed by atoms with Gasteiger partial charge in [-0.1, -0.05) is 29.8 Å². The highest BCUT2D eigenvalue weighted by Crippen LogP contribution is 2.06. The summed E-state index contributed by atoms with van der Waals surface area (Å²) >= 11 is 0. The maximum absolute atomic E-state index is 11.0. The van der Waals surface area contributed by atoms with Gasteiger partial charge in [0, 0.05) is 13.5 Å². The Morgan fingerprint density at radius 1 is 1.43 bits per heavy atom. The van der Waals surface area contributed by atoms with E-state index in [-0.39, 0.29) is 5.91 Å². The molecule has 14 heavy (non-hydrogen) atoms. The molecule has 0 radical (unpaired) electrons. The van der Waals surface area contributed by atoms with Gasteiger partial charge in [0.05, 0.1) is 0 Å². The van der Waals surface area contributed by atoms with Crippen LogP contribution >= 0.6 is 0 Å². The van der Waals surface area contributed by atoms with Gasteiger partial charge in [0.2, 0.25) is 5.91 Å². The number of nitrogens with one attached hydrogen (secondary N) is 1. The third kappa shape index (κ3) is 2.85. The normalized spacial score (nSPS) is 12.2. The van der Waals surface area contributed by atoms with E-state index < -0.39 is 6.10 Å². The van der Waals surface area contributed by atoms with Gasteiger partial charge < -0.3 is 10.4 Å². The van der Waals surface area contributed by atoms with E-state index >= 15 is 0 Å². The van der Waals surface area contributed by atoms with Crippen LogP contribution in [0.3, 0.4) is 0 Å². The molecule has 0 heterocycles. The van der Waals surface area contributed by atoms with E-state index in [4.69, 9.17) is 0 Å². The summed E-state index contributed by atoms with van der Waals surface area (Å²) in [6.07, 6.45) is -0.595. The van der Waals surface area contributed by atoms with Crippen LogP contribution in [0.5, 0.6) is 0 Å². The van der Waals surface area contributed by atoms with Crippen LogP contribution in [0.2, 0.25) is 0 Å². The summed E-state index contributed by atoms with van der Waals surface area (Å²) < 4.78 is 0. The summed E-state index contributed by atoms with van der Waals surface area (Å²) in [6.45, 7) is 2.00. The minimum absolute atomic E-state index is 0.342. The third-order valence-corrected chi connectivity index (χ3v) is 2.10. The van der Waals surface area contributed by atoms with Crippen LogP contribution in [0.4, 0.5) is 0 Å².